The van der Waals surface area contributed by atoms with E-state index < -0.39 is 86.6 Å². The molecule has 0 spiro atoms. The third-order valence-electron chi connectivity index (χ3n) is 8.31. The van der Waals surface area contributed by atoms with E-state index in [4.69, 9.17) is 42.6 Å². The number of hydrogen-bond donors (Lipinski definition) is 8. The highest BCUT2D eigenvalue weighted by Gasteiger charge is 2.61. The Morgan fingerprint density at radius 1 is 0.698 bits per heavy atom. The Bertz CT molecular complexity index is 1590. The van der Waals surface area contributed by atoms with Gasteiger partial charge in [0.1, 0.15) is 43.2 Å². The van der Waals surface area contributed by atoms with Gasteiger partial charge in [-0.3, -0.25) is 0 Å². The normalized spacial score (nSPS) is 28.6. The highest BCUT2D eigenvalue weighted by molar-refractivity contribution is 5.88. The number of aliphatic hydroxyl groups excluding tert-OH is 6. The third kappa shape index (κ3) is 9.10. The molecule has 0 radical (unpaired) electrons. The minimum absolute atomic E-state index is 0.0225. The van der Waals surface area contributed by atoms with Crippen molar-refractivity contribution in [3.63, 3.8) is 0 Å². The standard InChI is InChI=1S/C34H42O19/c1-45-18-9-16(10-19(46-2)26(18)39)5-7-24(37)49-15-34(53-33-31(44)30(43)28(41)22(13-35)50-33)32(29(42)23(14-36)52-34)51-25(38)8-6-17-11-20(47-3)27(40)21(12-17)48-4/h5-12,22-23,28-33,35-36,39-44H,13-15H2,1-4H3/b7-5+,8-6+/t22-,23-,28-,29-,30+,31-,32+,33-,34+/m1/s1. The zero-order valence-corrected chi connectivity index (χ0v) is 28.9. The van der Waals surface area contributed by atoms with E-state index in [2.05, 4.69) is 0 Å². The average Bonchev–Trinajstić information content (AvgIpc) is 3.42. The maximum absolute atomic E-state index is 13.2. The minimum atomic E-state index is -2.57. The first-order chi connectivity index (χ1) is 25.3. The van der Waals surface area contributed by atoms with Crippen molar-refractivity contribution < 1.29 is 93.1 Å². The number of benzene rings is 2. The van der Waals surface area contributed by atoms with E-state index in [9.17, 15) is 50.4 Å². The van der Waals surface area contributed by atoms with E-state index in [0.29, 0.717) is 11.1 Å². The minimum Gasteiger partial charge on any atom is -0.502 e. The van der Waals surface area contributed by atoms with Gasteiger partial charge >= 0.3 is 11.9 Å². The molecule has 2 aliphatic heterocycles. The zero-order chi connectivity index (χ0) is 39.0. The number of hydrogen-bond acceptors (Lipinski definition) is 19. The van der Waals surface area contributed by atoms with Gasteiger partial charge in [-0.1, -0.05) is 0 Å². The lowest BCUT2D eigenvalue weighted by Crippen LogP contribution is -2.63. The number of carbonyl (C=O) groups is 2. The van der Waals surface area contributed by atoms with Crippen LogP contribution in [0.4, 0.5) is 0 Å². The monoisotopic (exact) mass is 754 g/mol. The summed E-state index contributed by atoms with van der Waals surface area (Å²) in [6.45, 7) is -2.73. The third-order valence-corrected chi connectivity index (χ3v) is 8.31. The maximum atomic E-state index is 13.2. The van der Waals surface area contributed by atoms with Crippen LogP contribution in [0, 0.1) is 0 Å². The molecule has 4 rings (SSSR count). The Morgan fingerprint density at radius 2 is 1.17 bits per heavy atom. The highest BCUT2D eigenvalue weighted by atomic mass is 16.8. The molecule has 2 fully saturated rings. The van der Waals surface area contributed by atoms with E-state index in [-0.39, 0.29) is 34.5 Å². The van der Waals surface area contributed by atoms with Crippen molar-refractivity contribution in [2.45, 2.75) is 54.8 Å². The predicted octanol–water partition coefficient (Wildman–Crippen LogP) is -1.42. The lowest BCUT2D eigenvalue weighted by atomic mass is 9.99. The SMILES string of the molecule is COc1cc(/C=C/C(=O)OC[C@@]2(O[C@H]3O[C@H](CO)[C@@H](O)[C@H](O)[C@H]3O)O[C@H](CO)[C@@H](O)[C@@H]2OC(=O)/C=C/c2cc(OC)c(O)c(OC)c2)cc(OC)c1O. The van der Waals surface area contributed by atoms with E-state index >= 15 is 0 Å². The molecule has 2 aromatic rings. The Morgan fingerprint density at radius 3 is 1.62 bits per heavy atom. The molecule has 0 saturated carbocycles. The molecule has 8 N–H and O–H groups in total. The van der Waals surface area contributed by atoms with Crippen LogP contribution in [0.3, 0.4) is 0 Å². The van der Waals surface area contributed by atoms with Gasteiger partial charge in [-0.15, -0.1) is 0 Å². The van der Waals surface area contributed by atoms with Crippen LogP contribution in [-0.4, -0.2) is 156 Å². The van der Waals surface area contributed by atoms with Gasteiger partial charge in [-0.2, -0.15) is 0 Å². The maximum Gasteiger partial charge on any atom is 0.331 e. The molecule has 2 saturated heterocycles. The van der Waals surface area contributed by atoms with Crippen LogP contribution in [0.5, 0.6) is 34.5 Å². The van der Waals surface area contributed by atoms with Gasteiger partial charge in [-0.05, 0) is 47.5 Å². The van der Waals surface area contributed by atoms with Crippen molar-refractivity contribution in [3.05, 3.63) is 47.5 Å². The number of methoxy groups -OCH3 is 4. The zero-order valence-electron chi connectivity index (χ0n) is 28.9. The first-order valence-corrected chi connectivity index (χ1v) is 15.8. The Balaban J connectivity index is 1.66. The van der Waals surface area contributed by atoms with Crippen molar-refractivity contribution in [3.8, 4) is 34.5 Å². The summed E-state index contributed by atoms with van der Waals surface area (Å²) in [5.74, 6) is -5.21. The van der Waals surface area contributed by atoms with Crippen LogP contribution in [0.1, 0.15) is 11.1 Å². The van der Waals surface area contributed by atoms with Crippen molar-refractivity contribution in [2.24, 2.45) is 0 Å². The number of rotatable bonds is 15. The fourth-order valence-corrected chi connectivity index (χ4v) is 5.49. The summed E-state index contributed by atoms with van der Waals surface area (Å²) in [6.07, 6.45) is -10.1. The first-order valence-electron chi connectivity index (χ1n) is 15.8. The van der Waals surface area contributed by atoms with Crippen LogP contribution in [0.25, 0.3) is 12.2 Å². The molecule has 2 heterocycles. The molecule has 0 unspecified atom stereocenters. The second kappa shape index (κ2) is 17.9. The van der Waals surface area contributed by atoms with E-state index in [0.717, 1.165) is 12.2 Å². The second-order valence-corrected chi connectivity index (χ2v) is 11.6. The first kappa shape index (κ1) is 41.1. The van der Waals surface area contributed by atoms with E-state index in [1.807, 2.05) is 0 Å². The van der Waals surface area contributed by atoms with E-state index in [1.54, 1.807) is 0 Å². The topological polar surface area (TPSA) is 279 Å². The van der Waals surface area contributed by atoms with Crippen LogP contribution < -0.4 is 18.9 Å². The van der Waals surface area contributed by atoms with Crippen molar-refractivity contribution in [1.82, 2.24) is 0 Å². The van der Waals surface area contributed by atoms with Crippen molar-refractivity contribution >= 4 is 24.1 Å². The van der Waals surface area contributed by atoms with E-state index in [1.165, 1.54) is 64.9 Å². The van der Waals surface area contributed by atoms with Gasteiger partial charge in [0.25, 0.3) is 0 Å². The number of ether oxygens (including phenoxy) is 9. The molecule has 292 valence electrons. The van der Waals surface area contributed by atoms with Gasteiger partial charge < -0.3 is 83.5 Å². The summed E-state index contributed by atoms with van der Waals surface area (Å²) in [7, 11) is 5.21. The summed E-state index contributed by atoms with van der Waals surface area (Å²) in [5.41, 5.74) is 0.634. The van der Waals surface area contributed by atoms with Crippen LogP contribution in [0.15, 0.2) is 36.4 Å². The number of aliphatic hydroxyl groups is 6. The quantitative estimate of drug-likeness (QED) is 0.0765. The molecule has 9 atom stereocenters. The number of phenols is 2. The molecule has 0 bridgehead atoms. The lowest BCUT2D eigenvalue weighted by molar-refractivity contribution is -0.383. The van der Waals surface area contributed by atoms with Gasteiger partial charge in [0.05, 0.1) is 41.7 Å². The molecule has 0 aromatic heterocycles. The van der Waals surface area contributed by atoms with Gasteiger partial charge in [-0.25, -0.2) is 9.59 Å². The number of phenolic OH excluding ortho intramolecular Hbond substituents is 2. The molecule has 53 heavy (non-hydrogen) atoms. The molecule has 2 aliphatic rings. The summed E-state index contributed by atoms with van der Waals surface area (Å²) >= 11 is 0. The van der Waals surface area contributed by atoms with Gasteiger partial charge in [0.15, 0.2) is 35.4 Å². The lowest BCUT2D eigenvalue weighted by Gasteiger charge is -2.43. The van der Waals surface area contributed by atoms with Crippen molar-refractivity contribution in [1.29, 1.82) is 0 Å². The summed E-state index contributed by atoms with van der Waals surface area (Å²) in [5, 5.41) is 82.6. The van der Waals surface area contributed by atoms with Gasteiger partial charge in [0.2, 0.25) is 17.3 Å². The summed E-state index contributed by atoms with van der Waals surface area (Å²) < 4.78 is 48.4. The van der Waals surface area contributed by atoms with Crippen LogP contribution >= 0.6 is 0 Å². The molecule has 0 amide bonds. The molecular weight excluding hydrogens is 712 g/mol. The number of esters is 2. The smallest absolute Gasteiger partial charge is 0.331 e. The second-order valence-electron chi connectivity index (χ2n) is 11.6. The Hall–Kier alpha value is -4.70. The summed E-state index contributed by atoms with van der Waals surface area (Å²) in [4.78, 5) is 26.2. The van der Waals surface area contributed by atoms with Crippen LogP contribution in [0.2, 0.25) is 0 Å². The van der Waals surface area contributed by atoms with Crippen LogP contribution in [-0.2, 0) is 33.3 Å². The number of aromatic hydroxyl groups is 2. The van der Waals surface area contributed by atoms with Gasteiger partial charge in [0, 0.05) is 12.2 Å². The highest BCUT2D eigenvalue weighted by Crippen LogP contribution is 2.40. The Kier molecular flexibility index (Phi) is 13.9. The predicted molar refractivity (Wildman–Crippen MR) is 177 cm³/mol. The average molecular weight is 755 g/mol. The molecular formula is C34H42O19. The molecule has 19 nitrogen and oxygen atoms in total. The fraction of sp³-hybridized carbons (Fsp3) is 0.471. The molecule has 0 aliphatic carbocycles. The molecule has 19 heteroatoms. The Labute approximate surface area is 302 Å². The fourth-order valence-electron chi connectivity index (χ4n) is 5.49. The largest absolute Gasteiger partial charge is 0.502 e. The number of carbonyl (C=O) groups excluding carboxylic acids is 2. The summed E-state index contributed by atoms with van der Waals surface area (Å²) in [6, 6.07) is 5.53. The molecule has 2 aromatic carbocycles. The van der Waals surface area contributed by atoms with Crippen molar-refractivity contribution in [2.75, 3.05) is 48.3 Å².